The smallest absolute Gasteiger partial charge is 0.0345 e. The minimum absolute atomic E-state index is 0.823. The molecular weight excluding hydrogens is 310 g/mol. The molecule has 2 aromatic rings. The molecule has 2 heteroatoms. The fraction of sp³-hybridized carbons (Fsp3) is 0.545. The summed E-state index contributed by atoms with van der Waals surface area (Å²) in [7, 11) is 0. The Bertz CT molecular complexity index is 785. The van der Waals surface area contributed by atoms with Crippen molar-refractivity contribution in [3.05, 3.63) is 40.3 Å². The molecule has 3 aliphatic carbocycles. The first-order chi connectivity index (χ1) is 11.8. The van der Waals surface area contributed by atoms with Crippen LogP contribution in [0.1, 0.15) is 49.7 Å². The van der Waals surface area contributed by atoms with E-state index in [-0.39, 0.29) is 0 Å². The molecule has 2 heterocycles. The van der Waals surface area contributed by atoms with Crippen molar-refractivity contribution in [3.63, 3.8) is 0 Å². The molecule has 1 saturated carbocycles. The van der Waals surface area contributed by atoms with Crippen LogP contribution in [0.25, 0.3) is 15.7 Å². The van der Waals surface area contributed by atoms with Crippen molar-refractivity contribution >= 4 is 27.0 Å². The minimum Gasteiger partial charge on any atom is -0.299 e. The lowest BCUT2D eigenvalue weighted by atomic mass is 9.65. The molecule has 0 N–H and O–H groups in total. The van der Waals surface area contributed by atoms with Crippen molar-refractivity contribution in [2.45, 2.75) is 45.4 Å². The van der Waals surface area contributed by atoms with Gasteiger partial charge in [-0.25, -0.2) is 0 Å². The average Bonchev–Trinajstić information content (AvgIpc) is 3.26. The summed E-state index contributed by atoms with van der Waals surface area (Å²) in [6.07, 6.45) is 8.52. The molecule has 0 spiro atoms. The second-order valence-corrected chi connectivity index (χ2v) is 9.01. The van der Waals surface area contributed by atoms with Crippen LogP contribution in [-0.2, 0) is 0 Å². The van der Waals surface area contributed by atoms with Gasteiger partial charge in [-0.1, -0.05) is 6.07 Å². The van der Waals surface area contributed by atoms with Gasteiger partial charge in [0.25, 0.3) is 0 Å². The third-order valence-electron chi connectivity index (χ3n) is 6.64. The lowest BCUT2D eigenvalue weighted by Gasteiger charge is -2.42. The van der Waals surface area contributed by atoms with Gasteiger partial charge in [-0.15, -0.1) is 11.3 Å². The summed E-state index contributed by atoms with van der Waals surface area (Å²) in [6, 6.07) is 7.28. The van der Waals surface area contributed by atoms with E-state index in [2.05, 4.69) is 35.4 Å². The van der Waals surface area contributed by atoms with E-state index in [9.17, 15) is 0 Å². The number of likely N-dealkylation sites (tertiary alicyclic amines) is 1. The highest BCUT2D eigenvalue weighted by molar-refractivity contribution is 7.17. The molecule has 0 amide bonds. The summed E-state index contributed by atoms with van der Waals surface area (Å²) in [4.78, 5) is 2.71. The van der Waals surface area contributed by atoms with Crippen LogP contribution in [0.4, 0.5) is 0 Å². The molecular formula is C22H27NS. The zero-order valence-electron chi connectivity index (χ0n) is 14.7. The van der Waals surface area contributed by atoms with Crippen LogP contribution >= 0.6 is 11.3 Å². The molecule has 24 heavy (non-hydrogen) atoms. The van der Waals surface area contributed by atoms with Gasteiger partial charge in [-0.3, -0.25) is 4.90 Å². The van der Waals surface area contributed by atoms with Crippen LogP contribution in [0.15, 0.2) is 29.2 Å². The molecule has 4 aliphatic rings. The van der Waals surface area contributed by atoms with Crippen LogP contribution in [0.3, 0.4) is 0 Å². The van der Waals surface area contributed by atoms with E-state index < -0.39 is 0 Å². The van der Waals surface area contributed by atoms with Gasteiger partial charge in [0.05, 0.1) is 0 Å². The number of allylic oxidation sites excluding steroid dienone is 1. The Morgan fingerprint density at radius 3 is 2.58 bits per heavy atom. The van der Waals surface area contributed by atoms with Crippen molar-refractivity contribution in [1.29, 1.82) is 0 Å². The van der Waals surface area contributed by atoms with Gasteiger partial charge in [0.2, 0.25) is 0 Å². The standard InChI is InChI=1S/C22H27NS/c1-15-14-24-21-9-8-18(12-19(15)21)22-17-6-4-16(5-7-17)20(22)13-23-10-2-3-11-23/h8-9,12,14,16-17H,2-7,10-11,13H2,1H3. The first-order valence-corrected chi connectivity index (χ1v) is 10.6. The molecule has 1 nitrogen and oxygen atoms in total. The normalized spacial score (nSPS) is 27.5. The largest absolute Gasteiger partial charge is 0.299 e. The van der Waals surface area contributed by atoms with Crippen LogP contribution in [0.5, 0.6) is 0 Å². The average molecular weight is 338 g/mol. The summed E-state index contributed by atoms with van der Waals surface area (Å²) < 4.78 is 1.44. The summed E-state index contributed by atoms with van der Waals surface area (Å²) in [5.41, 5.74) is 6.54. The van der Waals surface area contributed by atoms with Gasteiger partial charge in [0.15, 0.2) is 0 Å². The topological polar surface area (TPSA) is 3.24 Å². The van der Waals surface area contributed by atoms with E-state index in [4.69, 9.17) is 0 Å². The Labute approximate surface area is 149 Å². The molecule has 1 aromatic heterocycles. The molecule has 126 valence electrons. The first-order valence-electron chi connectivity index (χ1n) is 9.73. The van der Waals surface area contributed by atoms with Crippen LogP contribution in [0.2, 0.25) is 0 Å². The highest BCUT2D eigenvalue weighted by Gasteiger charge is 2.36. The lowest BCUT2D eigenvalue weighted by molar-refractivity contribution is 0.285. The van der Waals surface area contributed by atoms with E-state index >= 15 is 0 Å². The number of fused-ring (bicyclic) bond motifs is 3. The Balaban J connectivity index is 1.60. The molecule has 6 rings (SSSR count). The lowest BCUT2D eigenvalue weighted by Crippen LogP contribution is -2.32. The summed E-state index contributed by atoms with van der Waals surface area (Å²) in [6.45, 7) is 6.14. The predicted octanol–water partition coefficient (Wildman–Crippen LogP) is 5.88. The van der Waals surface area contributed by atoms with Gasteiger partial charge < -0.3 is 0 Å². The molecule has 0 atom stereocenters. The highest BCUT2D eigenvalue weighted by Crippen LogP contribution is 2.50. The molecule has 2 bridgehead atoms. The first kappa shape index (κ1) is 15.2. The number of nitrogens with zero attached hydrogens (tertiary/aromatic N) is 1. The number of aryl methyl sites for hydroxylation is 1. The zero-order chi connectivity index (χ0) is 16.1. The molecule has 0 unspecified atom stereocenters. The number of hydrogen-bond donors (Lipinski definition) is 0. The second-order valence-electron chi connectivity index (χ2n) is 8.10. The maximum absolute atomic E-state index is 2.71. The highest BCUT2D eigenvalue weighted by atomic mass is 32.1. The minimum atomic E-state index is 0.823. The van der Waals surface area contributed by atoms with Gasteiger partial charge >= 0.3 is 0 Å². The van der Waals surface area contributed by atoms with E-state index in [0.717, 1.165) is 11.8 Å². The summed E-state index contributed by atoms with van der Waals surface area (Å²) in [5.74, 6) is 1.69. The molecule has 0 radical (unpaired) electrons. The molecule has 1 aliphatic heterocycles. The maximum Gasteiger partial charge on any atom is 0.0345 e. The van der Waals surface area contributed by atoms with Crippen LogP contribution in [0, 0.1) is 18.8 Å². The van der Waals surface area contributed by atoms with E-state index in [0.29, 0.717) is 0 Å². The molecule has 1 aromatic carbocycles. The Morgan fingerprint density at radius 1 is 1.04 bits per heavy atom. The van der Waals surface area contributed by atoms with Gasteiger partial charge in [0, 0.05) is 11.2 Å². The predicted molar refractivity (Wildman–Crippen MR) is 105 cm³/mol. The zero-order valence-corrected chi connectivity index (χ0v) is 15.5. The quantitative estimate of drug-likeness (QED) is 0.676. The SMILES string of the molecule is Cc1csc2ccc(C3=C(CN4CCCC4)C4CCC3CC4)cc12. The Morgan fingerprint density at radius 2 is 1.79 bits per heavy atom. The van der Waals surface area contributed by atoms with Crippen molar-refractivity contribution < 1.29 is 0 Å². The summed E-state index contributed by atoms with van der Waals surface area (Å²) in [5, 5.41) is 3.79. The van der Waals surface area contributed by atoms with Crippen molar-refractivity contribution in [1.82, 2.24) is 4.90 Å². The van der Waals surface area contributed by atoms with E-state index in [1.807, 2.05) is 16.9 Å². The van der Waals surface area contributed by atoms with Crippen LogP contribution < -0.4 is 0 Å². The maximum atomic E-state index is 2.71. The Kier molecular flexibility index (Phi) is 3.79. The van der Waals surface area contributed by atoms with Crippen molar-refractivity contribution in [3.8, 4) is 0 Å². The molecule has 1 saturated heterocycles. The van der Waals surface area contributed by atoms with Crippen molar-refractivity contribution in [2.24, 2.45) is 11.8 Å². The van der Waals surface area contributed by atoms with Crippen LogP contribution in [-0.4, -0.2) is 24.5 Å². The van der Waals surface area contributed by atoms with E-state index in [1.165, 1.54) is 79.4 Å². The fourth-order valence-corrected chi connectivity index (χ4v) is 6.28. The monoisotopic (exact) mass is 337 g/mol. The fourth-order valence-electron chi connectivity index (χ4n) is 5.35. The molecule has 2 fully saturated rings. The summed E-state index contributed by atoms with van der Waals surface area (Å²) >= 11 is 1.89. The third-order valence-corrected chi connectivity index (χ3v) is 7.73. The number of rotatable bonds is 3. The Hall–Kier alpha value is -1.12. The van der Waals surface area contributed by atoms with Crippen molar-refractivity contribution in [2.75, 3.05) is 19.6 Å². The van der Waals surface area contributed by atoms with E-state index in [1.54, 1.807) is 5.57 Å². The van der Waals surface area contributed by atoms with Gasteiger partial charge in [-0.2, -0.15) is 0 Å². The van der Waals surface area contributed by atoms with Gasteiger partial charge in [-0.05, 0) is 116 Å². The number of hydrogen-bond acceptors (Lipinski definition) is 2. The van der Waals surface area contributed by atoms with Gasteiger partial charge in [0.1, 0.15) is 0 Å². The number of thiophene rings is 1. The number of benzene rings is 1. The third kappa shape index (κ3) is 2.46. The second kappa shape index (κ2) is 6.00.